The SMILES string of the molecule is CCOc1cncc(CC2=CC3CCN2CC3)c1. The van der Waals surface area contributed by atoms with Gasteiger partial charge in [-0.2, -0.15) is 0 Å². The highest BCUT2D eigenvalue weighted by molar-refractivity contribution is 5.28. The molecule has 4 rings (SSSR count). The Hall–Kier alpha value is -1.51. The average molecular weight is 244 g/mol. The lowest BCUT2D eigenvalue weighted by atomic mass is 9.89. The van der Waals surface area contributed by atoms with E-state index in [0.29, 0.717) is 6.61 Å². The zero-order valence-electron chi connectivity index (χ0n) is 10.9. The Morgan fingerprint density at radius 3 is 2.83 bits per heavy atom. The number of rotatable bonds is 4. The van der Waals surface area contributed by atoms with Gasteiger partial charge < -0.3 is 9.64 Å². The van der Waals surface area contributed by atoms with E-state index in [-0.39, 0.29) is 0 Å². The van der Waals surface area contributed by atoms with Crippen LogP contribution in [0.2, 0.25) is 0 Å². The van der Waals surface area contributed by atoms with E-state index in [1.807, 2.05) is 13.1 Å². The largest absolute Gasteiger partial charge is 0.492 e. The van der Waals surface area contributed by atoms with Crippen molar-refractivity contribution in [3.63, 3.8) is 0 Å². The molecule has 96 valence electrons. The first-order valence-corrected chi connectivity index (χ1v) is 6.87. The Balaban J connectivity index is 1.74. The van der Waals surface area contributed by atoms with Gasteiger partial charge in [0.1, 0.15) is 5.75 Å². The molecule has 1 fully saturated rings. The third kappa shape index (κ3) is 2.35. The molecule has 2 bridgehead atoms. The molecule has 0 saturated carbocycles. The molecule has 0 aliphatic carbocycles. The number of fused-ring (bicyclic) bond motifs is 2. The molecule has 3 aliphatic rings. The van der Waals surface area contributed by atoms with Gasteiger partial charge in [-0.15, -0.1) is 0 Å². The zero-order valence-corrected chi connectivity index (χ0v) is 10.9. The Kier molecular flexibility index (Phi) is 3.22. The van der Waals surface area contributed by atoms with Gasteiger partial charge in [0, 0.05) is 31.4 Å². The van der Waals surface area contributed by atoms with Crippen molar-refractivity contribution < 1.29 is 4.74 Å². The van der Waals surface area contributed by atoms with Gasteiger partial charge in [0.25, 0.3) is 0 Å². The third-order valence-corrected chi connectivity index (χ3v) is 3.84. The van der Waals surface area contributed by atoms with Crippen molar-refractivity contribution in [3.05, 3.63) is 35.8 Å². The van der Waals surface area contributed by atoms with Crippen molar-refractivity contribution in [1.29, 1.82) is 0 Å². The van der Waals surface area contributed by atoms with Crippen LogP contribution in [-0.2, 0) is 6.42 Å². The minimum atomic E-state index is 0.696. The summed E-state index contributed by atoms with van der Waals surface area (Å²) in [5.41, 5.74) is 2.73. The highest BCUT2D eigenvalue weighted by atomic mass is 16.5. The maximum atomic E-state index is 5.50. The lowest BCUT2D eigenvalue weighted by molar-refractivity contribution is 0.215. The zero-order chi connectivity index (χ0) is 12.4. The molecule has 0 atom stereocenters. The van der Waals surface area contributed by atoms with Crippen LogP contribution in [0.1, 0.15) is 25.3 Å². The molecule has 0 spiro atoms. The lowest BCUT2D eigenvalue weighted by Crippen LogP contribution is -2.38. The fourth-order valence-corrected chi connectivity index (χ4v) is 2.92. The predicted molar refractivity (Wildman–Crippen MR) is 71.5 cm³/mol. The van der Waals surface area contributed by atoms with Crippen LogP contribution < -0.4 is 4.74 Å². The Labute approximate surface area is 108 Å². The first kappa shape index (κ1) is 11.6. The van der Waals surface area contributed by atoms with Crippen molar-refractivity contribution >= 4 is 0 Å². The summed E-state index contributed by atoms with van der Waals surface area (Å²) in [6.07, 6.45) is 9.85. The maximum Gasteiger partial charge on any atom is 0.137 e. The molecule has 0 amide bonds. The van der Waals surface area contributed by atoms with E-state index in [1.165, 1.54) is 37.2 Å². The normalized spacial score (nSPS) is 18.9. The minimum Gasteiger partial charge on any atom is -0.492 e. The van der Waals surface area contributed by atoms with Gasteiger partial charge in [0.05, 0.1) is 12.8 Å². The second-order valence-electron chi connectivity index (χ2n) is 5.12. The standard InChI is InChI=1S/C15H20N2O/c1-2-18-15-9-13(10-16-11-15)8-14-7-12-3-5-17(14)6-4-12/h7,9-12H,2-6,8H2,1H3. The second-order valence-corrected chi connectivity index (χ2v) is 5.12. The molecule has 3 nitrogen and oxygen atoms in total. The van der Waals surface area contributed by atoms with Gasteiger partial charge in [-0.25, -0.2) is 0 Å². The first-order valence-electron chi connectivity index (χ1n) is 6.87. The molecule has 3 aliphatic heterocycles. The highest BCUT2D eigenvalue weighted by Gasteiger charge is 2.25. The minimum absolute atomic E-state index is 0.696. The molecule has 3 heteroatoms. The van der Waals surface area contributed by atoms with Gasteiger partial charge in [0.15, 0.2) is 0 Å². The van der Waals surface area contributed by atoms with E-state index in [0.717, 1.165) is 18.1 Å². The van der Waals surface area contributed by atoms with Crippen LogP contribution in [-0.4, -0.2) is 29.6 Å². The van der Waals surface area contributed by atoms with Gasteiger partial charge >= 0.3 is 0 Å². The molecule has 1 aromatic rings. The number of nitrogens with zero attached hydrogens (tertiary/aromatic N) is 2. The third-order valence-electron chi connectivity index (χ3n) is 3.84. The molecule has 1 saturated heterocycles. The van der Waals surface area contributed by atoms with Gasteiger partial charge in [-0.05, 0) is 37.3 Å². The van der Waals surface area contributed by atoms with Crippen LogP contribution >= 0.6 is 0 Å². The molecule has 0 radical (unpaired) electrons. The number of aromatic nitrogens is 1. The number of hydrogen-bond acceptors (Lipinski definition) is 3. The van der Waals surface area contributed by atoms with Crippen molar-refractivity contribution in [2.75, 3.05) is 19.7 Å². The molecule has 4 heterocycles. The van der Waals surface area contributed by atoms with Crippen molar-refractivity contribution in [1.82, 2.24) is 9.88 Å². The Morgan fingerprint density at radius 1 is 1.33 bits per heavy atom. The van der Waals surface area contributed by atoms with E-state index in [1.54, 1.807) is 6.20 Å². The summed E-state index contributed by atoms with van der Waals surface area (Å²) >= 11 is 0. The summed E-state index contributed by atoms with van der Waals surface area (Å²) in [6.45, 7) is 5.16. The van der Waals surface area contributed by atoms with Crippen molar-refractivity contribution in [2.45, 2.75) is 26.2 Å². The van der Waals surface area contributed by atoms with Crippen LogP contribution in [0.15, 0.2) is 30.2 Å². The van der Waals surface area contributed by atoms with E-state index < -0.39 is 0 Å². The molecule has 1 aromatic heterocycles. The fourth-order valence-electron chi connectivity index (χ4n) is 2.92. The van der Waals surface area contributed by atoms with Crippen LogP contribution in [0.5, 0.6) is 5.75 Å². The maximum absolute atomic E-state index is 5.50. The highest BCUT2D eigenvalue weighted by Crippen LogP contribution is 2.31. The summed E-state index contributed by atoms with van der Waals surface area (Å²) in [4.78, 5) is 6.78. The number of pyridine rings is 1. The van der Waals surface area contributed by atoms with Crippen LogP contribution in [0.25, 0.3) is 0 Å². The Morgan fingerprint density at radius 2 is 2.17 bits per heavy atom. The van der Waals surface area contributed by atoms with Gasteiger partial charge in [0.2, 0.25) is 0 Å². The topological polar surface area (TPSA) is 25.4 Å². The van der Waals surface area contributed by atoms with Crippen LogP contribution in [0, 0.1) is 5.92 Å². The number of hydrogen-bond donors (Lipinski definition) is 0. The summed E-state index contributed by atoms with van der Waals surface area (Å²) in [5, 5.41) is 0. The van der Waals surface area contributed by atoms with E-state index >= 15 is 0 Å². The number of allylic oxidation sites excluding steroid dienone is 2. The van der Waals surface area contributed by atoms with E-state index in [2.05, 4.69) is 22.0 Å². The number of ether oxygens (including phenoxy) is 1. The number of piperidine rings is 1. The smallest absolute Gasteiger partial charge is 0.137 e. The van der Waals surface area contributed by atoms with Crippen molar-refractivity contribution in [2.24, 2.45) is 5.92 Å². The summed E-state index contributed by atoms with van der Waals surface area (Å²) in [5.74, 6) is 1.69. The van der Waals surface area contributed by atoms with Gasteiger partial charge in [-0.1, -0.05) is 6.08 Å². The molecular formula is C15H20N2O. The summed E-state index contributed by atoms with van der Waals surface area (Å²) < 4.78 is 5.50. The monoisotopic (exact) mass is 244 g/mol. The van der Waals surface area contributed by atoms with E-state index in [4.69, 9.17) is 4.74 Å². The fraction of sp³-hybridized carbons (Fsp3) is 0.533. The second kappa shape index (κ2) is 5.01. The predicted octanol–water partition coefficient (Wildman–Crippen LogP) is 2.63. The summed E-state index contributed by atoms with van der Waals surface area (Å²) in [7, 11) is 0. The summed E-state index contributed by atoms with van der Waals surface area (Å²) in [6, 6.07) is 2.11. The van der Waals surface area contributed by atoms with Gasteiger partial charge in [-0.3, -0.25) is 4.98 Å². The molecular weight excluding hydrogens is 224 g/mol. The molecule has 0 N–H and O–H groups in total. The molecule has 18 heavy (non-hydrogen) atoms. The van der Waals surface area contributed by atoms with Crippen LogP contribution in [0.4, 0.5) is 0 Å². The van der Waals surface area contributed by atoms with E-state index in [9.17, 15) is 0 Å². The average Bonchev–Trinajstić information content (AvgIpc) is 2.41. The van der Waals surface area contributed by atoms with Crippen molar-refractivity contribution in [3.8, 4) is 5.75 Å². The lowest BCUT2D eigenvalue weighted by Gasteiger charge is -2.40. The first-order chi connectivity index (χ1) is 8.85. The molecule has 0 aromatic carbocycles. The molecule has 0 unspecified atom stereocenters. The quantitative estimate of drug-likeness (QED) is 0.814. The Bertz CT molecular complexity index is 448. The van der Waals surface area contributed by atoms with Crippen LogP contribution in [0.3, 0.4) is 0 Å².